The van der Waals surface area contributed by atoms with Crippen molar-refractivity contribution in [1.82, 2.24) is 4.98 Å². The van der Waals surface area contributed by atoms with E-state index in [-0.39, 0.29) is 49.0 Å². The predicted octanol–water partition coefficient (Wildman–Crippen LogP) is 5.94. The number of carbonyl (C=O) groups is 3. The third-order valence-corrected chi connectivity index (χ3v) is 8.64. The molecule has 0 bridgehead atoms. The van der Waals surface area contributed by atoms with E-state index in [9.17, 15) is 24.6 Å². The number of aliphatic hydroxyl groups is 1. The first-order valence-electron chi connectivity index (χ1n) is 15.1. The number of carboxylic acids is 1. The van der Waals surface area contributed by atoms with Crippen LogP contribution in [0.4, 0.5) is 17.1 Å². The van der Waals surface area contributed by atoms with Gasteiger partial charge in [-0.2, -0.15) is 0 Å². The number of nitrogen functional groups attached to an aromatic ring is 1. The lowest BCUT2D eigenvalue weighted by molar-refractivity contribution is -0.245. The molecule has 4 aromatic rings. The molecule has 2 heterocycles. The zero-order chi connectivity index (χ0) is 33.2. The van der Waals surface area contributed by atoms with Crippen LogP contribution in [-0.4, -0.2) is 44.8 Å². The number of carbonyl (C=O) groups excluding carboxylic acids is 2. The van der Waals surface area contributed by atoms with Crippen molar-refractivity contribution in [1.29, 1.82) is 0 Å². The molecular formula is C35H36N4O7S. The maximum absolute atomic E-state index is 12.7. The number of aliphatic hydroxyl groups excluding tert-OH is 1. The lowest BCUT2D eigenvalue weighted by Crippen LogP contribution is -2.31. The molecule has 244 valence electrons. The molecule has 0 unspecified atom stereocenters. The van der Waals surface area contributed by atoms with Gasteiger partial charge in [0, 0.05) is 42.5 Å². The molecule has 0 radical (unpaired) electrons. The summed E-state index contributed by atoms with van der Waals surface area (Å²) in [6.45, 7) is -0.0681. The Labute approximate surface area is 276 Å². The lowest BCUT2D eigenvalue weighted by atomic mass is 10.0. The molecule has 2 amide bonds. The summed E-state index contributed by atoms with van der Waals surface area (Å²) in [5.41, 5.74) is 9.97. The van der Waals surface area contributed by atoms with Crippen LogP contribution in [0.3, 0.4) is 0 Å². The summed E-state index contributed by atoms with van der Waals surface area (Å²) in [5.74, 6) is -1.07. The zero-order valence-corrected chi connectivity index (χ0v) is 26.3. The maximum Gasteiger partial charge on any atom is 0.338 e. The van der Waals surface area contributed by atoms with Gasteiger partial charge in [0.2, 0.25) is 11.8 Å². The van der Waals surface area contributed by atoms with Crippen LogP contribution in [0.2, 0.25) is 0 Å². The van der Waals surface area contributed by atoms with Crippen molar-refractivity contribution in [3.63, 3.8) is 0 Å². The fraction of sp³-hybridized carbons (Fsp3) is 0.257. The van der Waals surface area contributed by atoms with Gasteiger partial charge in [-0.05, 0) is 53.9 Å². The van der Waals surface area contributed by atoms with Crippen molar-refractivity contribution in [2.45, 2.75) is 55.8 Å². The number of rotatable bonds is 13. The largest absolute Gasteiger partial charge is 0.478 e. The molecule has 0 spiro atoms. The first kappa shape index (κ1) is 33.6. The molecule has 1 aliphatic heterocycles. The number of hydrogen-bond acceptors (Lipinski definition) is 9. The monoisotopic (exact) mass is 656 g/mol. The van der Waals surface area contributed by atoms with E-state index in [0.29, 0.717) is 46.2 Å². The van der Waals surface area contributed by atoms with Gasteiger partial charge >= 0.3 is 5.97 Å². The molecule has 1 fully saturated rings. The molecule has 3 aromatic carbocycles. The standard InChI is InChI=1S/C35H36N4O7S/c36-28-9-1-2-10-29(28)39-32(42)12-4-11-31(41)38-25-7-3-6-24(18-25)35-45-26(21-47-33-27(34(43)44)8-5-17-37-33)19-30(46-35)23-15-13-22(20-40)14-16-23/h1-3,5-10,13-18,26,30,35,40H,4,11-12,19-21,36H2,(H,38,41)(H,39,42)(H,43,44)/t26-,30+,35+/m0/s1. The molecule has 0 aliphatic carbocycles. The molecule has 1 aromatic heterocycles. The number of thioether (sulfide) groups is 1. The second-order valence-electron chi connectivity index (χ2n) is 11.0. The highest BCUT2D eigenvalue weighted by molar-refractivity contribution is 7.99. The number of para-hydroxylation sites is 2. The van der Waals surface area contributed by atoms with Gasteiger partial charge in [0.25, 0.3) is 0 Å². The van der Waals surface area contributed by atoms with E-state index in [1.165, 1.54) is 17.8 Å². The normalized spacial score (nSPS) is 17.5. The smallest absolute Gasteiger partial charge is 0.338 e. The minimum atomic E-state index is -1.05. The van der Waals surface area contributed by atoms with Crippen molar-refractivity contribution in [2.24, 2.45) is 0 Å². The Hall–Kier alpha value is -4.75. The first-order valence-corrected chi connectivity index (χ1v) is 16.1. The van der Waals surface area contributed by atoms with Crippen LogP contribution in [0.5, 0.6) is 0 Å². The Morgan fingerprint density at radius 3 is 2.40 bits per heavy atom. The SMILES string of the molecule is Nc1ccccc1NC(=O)CCCC(=O)Nc1cccc([C@@H]2O[C@H](CSc3ncccc3C(=O)O)C[C@H](c3ccc(CO)cc3)O2)c1. The average molecular weight is 657 g/mol. The topological polar surface area (TPSA) is 173 Å². The van der Waals surface area contributed by atoms with E-state index in [4.69, 9.17) is 15.2 Å². The Kier molecular flexibility index (Phi) is 11.6. The number of aromatic nitrogens is 1. The quantitative estimate of drug-likeness (QED) is 0.0856. The number of nitrogens with zero attached hydrogens (tertiary/aromatic N) is 1. The van der Waals surface area contributed by atoms with E-state index >= 15 is 0 Å². The predicted molar refractivity (Wildman–Crippen MR) is 179 cm³/mol. The lowest BCUT2D eigenvalue weighted by Gasteiger charge is -2.36. The summed E-state index contributed by atoms with van der Waals surface area (Å²) >= 11 is 1.31. The summed E-state index contributed by atoms with van der Waals surface area (Å²) in [5, 5.41) is 25.1. The summed E-state index contributed by atoms with van der Waals surface area (Å²) in [6, 6.07) is 24.8. The van der Waals surface area contributed by atoms with Crippen LogP contribution in [0, 0.1) is 0 Å². The van der Waals surface area contributed by atoms with Crippen LogP contribution < -0.4 is 16.4 Å². The molecule has 1 saturated heterocycles. The zero-order valence-electron chi connectivity index (χ0n) is 25.5. The number of ether oxygens (including phenoxy) is 2. The molecule has 12 heteroatoms. The third kappa shape index (κ3) is 9.39. The highest BCUT2D eigenvalue weighted by Crippen LogP contribution is 2.40. The van der Waals surface area contributed by atoms with Crippen molar-refractivity contribution < 1.29 is 34.1 Å². The van der Waals surface area contributed by atoms with E-state index in [0.717, 1.165) is 11.1 Å². The minimum absolute atomic E-state index is 0.0681. The van der Waals surface area contributed by atoms with Crippen molar-refractivity contribution in [2.75, 3.05) is 22.1 Å². The van der Waals surface area contributed by atoms with Crippen LogP contribution >= 0.6 is 11.8 Å². The molecule has 11 nitrogen and oxygen atoms in total. The molecule has 0 saturated carbocycles. The van der Waals surface area contributed by atoms with E-state index < -0.39 is 12.3 Å². The summed E-state index contributed by atoms with van der Waals surface area (Å²) in [7, 11) is 0. The number of pyridine rings is 1. The average Bonchev–Trinajstić information content (AvgIpc) is 3.08. The van der Waals surface area contributed by atoms with Crippen LogP contribution in [0.15, 0.2) is 96.2 Å². The summed E-state index contributed by atoms with van der Waals surface area (Å²) in [6.07, 6.45) is 1.31. The second kappa shape index (κ2) is 16.2. The Balaban J connectivity index is 1.23. The number of nitrogens with two attached hydrogens (primary N) is 1. The summed E-state index contributed by atoms with van der Waals surface area (Å²) < 4.78 is 12.8. The minimum Gasteiger partial charge on any atom is -0.478 e. The molecule has 1 aliphatic rings. The van der Waals surface area contributed by atoms with Gasteiger partial charge in [0.05, 0.1) is 35.8 Å². The van der Waals surface area contributed by atoms with Crippen molar-refractivity contribution in [3.8, 4) is 0 Å². The fourth-order valence-electron chi connectivity index (χ4n) is 5.08. The van der Waals surface area contributed by atoms with Crippen molar-refractivity contribution >= 4 is 46.6 Å². The first-order chi connectivity index (χ1) is 22.8. The molecule has 3 atom stereocenters. The van der Waals surface area contributed by atoms with Crippen molar-refractivity contribution in [3.05, 3.63) is 113 Å². The van der Waals surface area contributed by atoms with Gasteiger partial charge in [-0.1, -0.05) is 48.5 Å². The van der Waals surface area contributed by atoms with Crippen LogP contribution in [0.25, 0.3) is 0 Å². The van der Waals surface area contributed by atoms with Crippen LogP contribution in [-0.2, 0) is 25.7 Å². The number of hydrogen-bond donors (Lipinski definition) is 5. The van der Waals surface area contributed by atoms with Gasteiger partial charge in [-0.3, -0.25) is 9.59 Å². The molecule has 47 heavy (non-hydrogen) atoms. The number of nitrogens with one attached hydrogen (secondary N) is 2. The fourth-order valence-corrected chi connectivity index (χ4v) is 6.09. The number of benzene rings is 3. The Bertz CT molecular complexity index is 1700. The third-order valence-electron chi connectivity index (χ3n) is 7.51. The number of carboxylic acid groups (broad SMARTS) is 1. The highest BCUT2D eigenvalue weighted by atomic mass is 32.2. The molecule has 6 N–H and O–H groups in total. The van der Waals surface area contributed by atoms with E-state index in [2.05, 4.69) is 15.6 Å². The van der Waals surface area contributed by atoms with Gasteiger partial charge < -0.3 is 36.1 Å². The van der Waals surface area contributed by atoms with Gasteiger partial charge in [-0.25, -0.2) is 9.78 Å². The number of amides is 2. The number of aromatic carboxylic acids is 1. The highest BCUT2D eigenvalue weighted by Gasteiger charge is 2.33. The van der Waals surface area contributed by atoms with Crippen LogP contribution in [0.1, 0.15) is 65.1 Å². The van der Waals surface area contributed by atoms with Gasteiger partial charge in [0.15, 0.2) is 6.29 Å². The summed E-state index contributed by atoms with van der Waals surface area (Å²) in [4.78, 5) is 41.0. The molecular weight excluding hydrogens is 620 g/mol. The van der Waals surface area contributed by atoms with Gasteiger partial charge in [0.1, 0.15) is 5.03 Å². The number of anilines is 3. The maximum atomic E-state index is 12.7. The van der Waals surface area contributed by atoms with E-state index in [1.54, 1.807) is 54.7 Å². The van der Waals surface area contributed by atoms with Gasteiger partial charge in [-0.15, -0.1) is 11.8 Å². The van der Waals surface area contributed by atoms with E-state index in [1.807, 2.05) is 30.3 Å². The second-order valence-corrected chi connectivity index (χ2v) is 12.0. The Morgan fingerprint density at radius 1 is 0.894 bits per heavy atom. The molecule has 5 rings (SSSR count). The Morgan fingerprint density at radius 2 is 1.66 bits per heavy atom.